The lowest BCUT2D eigenvalue weighted by Crippen LogP contribution is -2.06. The maximum atomic E-state index is 9.65. The third kappa shape index (κ3) is 36.2. The predicted octanol–water partition coefficient (Wildman–Crippen LogP) is -3.07. The summed E-state index contributed by atoms with van der Waals surface area (Å²) in [4.78, 5) is 0. The van der Waals surface area contributed by atoms with Crippen LogP contribution in [0.2, 0.25) is 0 Å². The molecule has 0 saturated carbocycles. The van der Waals surface area contributed by atoms with E-state index in [1.165, 1.54) is 0 Å². The lowest BCUT2D eigenvalue weighted by molar-refractivity contribution is 0.385. The van der Waals surface area contributed by atoms with Gasteiger partial charge in [-0.2, -0.15) is 33.7 Å². The molecule has 0 aromatic heterocycles. The molecule has 0 aliphatic rings. The van der Waals surface area contributed by atoms with Gasteiger partial charge in [0.2, 0.25) is 0 Å². The van der Waals surface area contributed by atoms with Gasteiger partial charge >= 0.3 is 39.5 Å². The Morgan fingerprint density at radius 1 is 0.600 bits per heavy atom. The number of hydrogen-bond donors (Lipinski definition) is 2. The van der Waals surface area contributed by atoms with Crippen molar-refractivity contribution in [1.29, 1.82) is 0 Å². The Labute approximate surface area is 122 Å². The van der Waals surface area contributed by atoms with E-state index < -0.39 is 39.5 Å². The maximum Gasteiger partial charge on any atom is 0.412 e. The van der Waals surface area contributed by atoms with Gasteiger partial charge in [0.1, 0.15) is 0 Å². The van der Waals surface area contributed by atoms with E-state index in [9.17, 15) is 33.7 Å². The van der Waals surface area contributed by atoms with Gasteiger partial charge in [-0.05, 0) is 0 Å². The third-order valence-electron chi connectivity index (χ3n) is 0.335. The Morgan fingerprint density at radius 2 is 0.750 bits per heavy atom. The highest BCUT2D eigenvalue weighted by Crippen LogP contribution is 2.02. The highest BCUT2D eigenvalue weighted by Gasteiger charge is 2.16. The lowest BCUT2D eigenvalue weighted by Gasteiger charge is -1.88. The van der Waals surface area contributed by atoms with Crippen LogP contribution in [-0.2, 0) is 46.7 Å². The smallest absolute Gasteiger partial charge is 0.412 e. The summed E-state index contributed by atoms with van der Waals surface area (Å²) in [5.74, 6) is 0. The van der Waals surface area contributed by atoms with Crippen molar-refractivity contribution in [2.24, 2.45) is 0 Å². The molecule has 20 heteroatoms. The number of halogens is 2. The molecule has 0 aliphatic carbocycles. The van der Waals surface area contributed by atoms with Gasteiger partial charge in [0, 0.05) is 0 Å². The molecule has 20 heavy (non-hydrogen) atoms. The van der Waals surface area contributed by atoms with Crippen LogP contribution in [-0.4, -0.2) is 53.7 Å². The molecular formula is H6Cl2O14S4. The van der Waals surface area contributed by atoms with Crippen molar-refractivity contribution in [2.45, 2.75) is 0 Å². The van der Waals surface area contributed by atoms with Crippen LogP contribution in [0.1, 0.15) is 0 Å². The first-order valence-corrected chi connectivity index (χ1v) is 9.87. The first-order valence-electron chi connectivity index (χ1n) is 2.67. The standard InChI is InChI=1S/2ClHO6S2.2H2O/c2*1-8(2,3)7-9(4,5)6;;/h2*(H,4,5,6);2*1H2. The van der Waals surface area contributed by atoms with E-state index in [4.69, 9.17) is 9.11 Å². The van der Waals surface area contributed by atoms with Gasteiger partial charge in [-0.25, -0.2) is 0 Å². The van der Waals surface area contributed by atoms with Crippen LogP contribution >= 0.6 is 21.4 Å². The van der Waals surface area contributed by atoms with Gasteiger partial charge < -0.3 is 11.0 Å². The predicted molar refractivity (Wildman–Crippen MR) is 62.0 cm³/mol. The van der Waals surface area contributed by atoms with Crippen molar-refractivity contribution in [2.75, 3.05) is 0 Å². The van der Waals surface area contributed by atoms with Crippen LogP contribution in [0.4, 0.5) is 0 Å². The van der Waals surface area contributed by atoms with Gasteiger partial charge in [-0.1, -0.05) is 0 Å². The molecule has 0 heterocycles. The first-order chi connectivity index (χ1) is 7.41. The minimum absolute atomic E-state index is 0. The average molecular weight is 429 g/mol. The zero-order chi connectivity index (χ0) is 15.4. The van der Waals surface area contributed by atoms with E-state index in [1.807, 2.05) is 0 Å². The van der Waals surface area contributed by atoms with Crippen molar-refractivity contribution in [1.82, 2.24) is 0 Å². The van der Waals surface area contributed by atoms with Crippen molar-refractivity contribution in [3.63, 3.8) is 0 Å². The third-order valence-corrected chi connectivity index (χ3v) is 3.94. The molecule has 0 rings (SSSR count). The summed E-state index contributed by atoms with van der Waals surface area (Å²) in [6.07, 6.45) is 0. The molecule has 0 bridgehead atoms. The van der Waals surface area contributed by atoms with E-state index in [1.54, 1.807) is 0 Å². The van der Waals surface area contributed by atoms with E-state index in [0.29, 0.717) is 0 Å². The summed E-state index contributed by atoms with van der Waals surface area (Å²) in [7, 11) is -10.8. The average Bonchev–Trinajstić information content (AvgIpc) is 1.64. The van der Waals surface area contributed by atoms with Crippen LogP contribution in [0.3, 0.4) is 0 Å². The second-order valence-corrected chi connectivity index (χ2v) is 8.42. The van der Waals surface area contributed by atoms with Gasteiger partial charge in [0.15, 0.2) is 0 Å². The molecule has 0 unspecified atom stereocenters. The van der Waals surface area contributed by atoms with E-state index in [-0.39, 0.29) is 11.0 Å². The Bertz CT molecular complexity index is 535. The number of hydrogen-bond acceptors (Lipinski definition) is 10. The van der Waals surface area contributed by atoms with Crippen molar-refractivity contribution >= 4 is 60.8 Å². The highest BCUT2D eigenvalue weighted by molar-refractivity contribution is 8.14. The summed E-state index contributed by atoms with van der Waals surface area (Å²) < 4.78 is 97.7. The first kappa shape index (κ1) is 28.3. The maximum absolute atomic E-state index is 9.65. The van der Waals surface area contributed by atoms with Gasteiger partial charge in [0.25, 0.3) is 0 Å². The summed E-state index contributed by atoms with van der Waals surface area (Å²) in [5.41, 5.74) is 0. The molecule has 0 aromatic rings. The van der Waals surface area contributed by atoms with E-state index in [2.05, 4.69) is 28.6 Å². The normalized spacial score (nSPS) is 12.2. The Hall–Kier alpha value is 0.140. The summed E-state index contributed by atoms with van der Waals surface area (Å²) in [5, 5.41) is 0. The van der Waals surface area contributed by atoms with Crippen LogP contribution in [0.15, 0.2) is 0 Å². The molecule has 0 radical (unpaired) electrons. The monoisotopic (exact) mass is 428 g/mol. The van der Waals surface area contributed by atoms with Crippen LogP contribution in [0, 0.1) is 0 Å². The molecule has 0 saturated heterocycles. The quantitative estimate of drug-likeness (QED) is 0.333. The minimum Gasteiger partial charge on any atom is -0.412 e. The summed E-state index contributed by atoms with van der Waals surface area (Å²) in [6.45, 7) is 0. The molecule has 0 amide bonds. The Balaban J connectivity index is -0.000000116. The van der Waals surface area contributed by atoms with Gasteiger partial charge in [-0.15, -0.1) is 7.26 Å². The van der Waals surface area contributed by atoms with E-state index >= 15 is 0 Å². The second-order valence-electron chi connectivity index (χ2n) is 1.78. The molecule has 0 aromatic carbocycles. The minimum atomic E-state index is -5.00. The van der Waals surface area contributed by atoms with E-state index in [0.717, 1.165) is 0 Å². The Kier molecular flexibility index (Phi) is 13.1. The van der Waals surface area contributed by atoms with Gasteiger partial charge in [0.05, 0.1) is 21.4 Å². The zero-order valence-corrected chi connectivity index (χ0v) is 13.1. The molecule has 6 N–H and O–H groups in total. The lowest BCUT2D eigenvalue weighted by atomic mass is 15.8. The van der Waals surface area contributed by atoms with Gasteiger partial charge in [-0.3, -0.25) is 9.11 Å². The molecule has 0 aliphatic heterocycles. The fourth-order valence-electron chi connectivity index (χ4n) is 0.205. The van der Waals surface area contributed by atoms with Crippen LogP contribution < -0.4 is 0 Å². The van der Waals surface area contributed by atoms with Crippen molar-refractivity contribution < 1.29 is 61.0 Å². The zero-order valence-electron chi connectivity index (χ0n) is 8.37. The SMILES string of the molecule is O.O.O=S(=O)(O)OS(=O)(=O)Cl.O=S(=O)(O)OS(=O)(=O)Cl. The molecule has 0 spiro atoms. The molecular weight excluding hydrogens is 423 g/mol. The number of rotatable bonds is 4. The highest BCUT2D eigenvalue weighted by atomic mass is 35.7. The second kappa shape index (κ2) is 9.22. The van der Waals surface area contributed by atoms with Crippen molar-refractivity contribution in [3.05, 3.63) is 0 Å². The van der Waals surface area contributed by atoms with Crippen molar-refractivity contribution in [3.8, 4) is 0 Å². The van der Waals surface area contributed by atoms with Crippen LogP contribution in [0.25, 0.3) is 0 Å². The topological polar surface area (TPSA) is 258 Å². The fourth-order valence-corrected chi connectivity index (χ4v) is 3.02. The summed E-state index contributed by atoms with van der Waals surface area (Å²) in [6, 6.07) is 0. The largest absolute Gasteiger partial charge is 0.412 e. The molecule has 14 nitrogen and oxygen atoms in total. The van der Waals surface area contributed by atoms with Crippen LogP contribution in [0.5, 0.6) is 0 Å². The fraction of sp³-hybridized carbons (Fsp3) is 0. The summed E-state index contributed by atoms with van der Waals surface area (Å²) >= 11 is 0. The molecule has 128 valence electrons. The molecule has 0 fully saturated rings. The molecule has 0 atom stereocenters. The Morgan fingerprint density at radius 3 is 0.750 bits per heavy atom.